The van der Waals surface area contributed by atoms with Crippen LogP contribution >= 0.6 is 11.6 Å². The number of aryl methyl sites for hydroxylation is 1. The van der Waals surface area contributed by atoms with Crippen molar-refractivity contribution < 1.29 is 14.3 Å². The Balaban J connectivity index is 1.37. The molecule has 180 valence electrons. The third-order valence-electron chi connectivity index (χ3n) is 6.27. The molecule has 1 fully saturated rings. The summed E-state index contributed by atoms with van der Waals surface area (Å²) in [6.07, 6.45) is 9.60. The minimum Gasteiger partial charge on any atom is -0.478 e. The molecule has 1 saturated heterocycles. The first kappa shape index (κ1) is 23.0. The Morgan fingerprint density at radius 3 is 2.60 bits per heavy atom. The van der Waals surface area contributed by atoms with Gasteiger partial charge in [0.2, 0.25) is 5.95 Å². The number of nitrogens with zero attached hydrogens (tertiary/aromatic N) is 6. The Morgan fingerprint density at radius 2 is 1.94 bits per heavy atom. The predicted molar refractivity (Wildman–Crippen MR) is 131 cm³/mol. The number of halogens is 2. The SMILES string of the molecule is CCc1cnc(N2CCC(n3cc(Cl)c4c(Nc5ccc(C(=O)O)cc5F)ncnc43)CC2)nc1. The van der Waals surface area contributed by atoms with Crippen molar-refractivity contribution in [3.05, 3.63) is 65.1 Å². The van der Waals surface area contributed by atoms with Gasteiger partial charge >= 0.3 is 5.97 Å². The molecule has 2 N–H and O–H groups in total. The molecule has 9 nitrogen and oxygen atoms in total. The molecule has 0 unspecified atom stereocenters. The van der Waals surface area contributed by atoms with E-state index >= 15 is 0 Å². The van der Waals surface area contributed by atoms with Crippen molar-refractivity contribution in [2.75, 3.05) is 23.3 Å². The molecule has 5 rings (SSSR count). The van der Waals surface area contributed by atoms with Crippen molar-refractivity contribution >= 4 is 46.1 Å². The molecule has 35 heavy (non-hydrogen) atoms. The van der Waals surface area contributed by atoms with E-state index in [1.165, 1.54) is 18.5 Å². The van der Waals surface area contributed by atoms with E-state index in [4.69, 9.17) is 16.7 Å². The van der Waals surface area contributed by atoms with E-state index in [0.29, 0.717) is 21.9 Å². The molecule has 1 aliphatic heterocycles. The van der Waals surface area contributed by atoms with Gasteiger partial charge < -0.3 is 19.9 Å². The van der Waals surface area contributed by atoms with Crippen LogP contribution in [0.4, 0.5) is 21.8 Å². The van der Waals surface area contributed by atoms with Crippen molar-refractivity contribution in [3.8, 4) is 0 Å². The molecule has 4 heterocycles. The maximum Gasteiger partial charge on any atom is 0.335 e. The number of aromatic carboxylic acids is 1. The lowest BCUT2D eigenvalue weighted by Crippen LogP contribution is -2.35. The number of carbonyl (C=O) groups is 1. The second kappa shape index (κ2) is 9.46. The predicted octanol–water partition coefficient (Wildman–Crippen LogP) is 4.86. The van der Waals surface area contributed by atoms with Gasteiger partial charge in [0.1, 0.15) is 23.6 Å². The summed E-state index contributed by atoms with van der Waals surface area (Å²) < 4.78 is 16.5. The lowest BCUT2D eigenvalue weighted by Gasteiger charge is -2.32. The summed E-state index contributed by atoms with van der Waals surface area (Å²) in [5.41, 5.74) is 1.72. The van der Waals surface area contributed by atoms with E-state index < -0.39 is 11.8 Å². The zero-order valence-corrected chi connectivity index (χ0v) is 19.7. The van der Waals surface area contributed by atoms with E-state index in [-0.39, 0.29) is 17.3 Å². The van der Waals surface area contributed by atoms with Gasteiger partial charge in [0.25, 0.3) is 0 Å². The molecular weight excluding hydrogens is 473 g/mol. The fourth-order valence-electron chi connectivity index (χ4n) is 4.33. The van der Waals surface area contributed by atoms with Crippen LogP contribution in [0.25, 0.3) is 11.0 Å². The van der Waals surface area contributed by atoms with Crippen LogP contribution < -0.4 is 10.2 Å². The smallest absolute Gasteiger partial charge is 0.335 e. The van der Waals surface area contributed by atoms with Crippen LogP contribution in [-0.4, -0.2) is 48.7 Å². The number of nitrogens with one attached hydrogen (secondary N) is 1. The molecule has 0 spiro atoms. The third kappa shape index (κ3) is 4.49. The van der Waals surface area contributed by atoms with Gasteiger partial charge in [-0.3, -0.25) is 0 Å². The van der Waals surface area contributed by atoms with E-state index in [0.717, 1.165) is 49.9 Å². The van der Waals surface area contributed by atoms with Crippen LogP contribution in [0.2, 0.25) is 5.02 Å². The van der Waals surface area contributed by atoms with Gasteiger partial charge in [-0.05, 0) is 43.0 Å². The highest BCUT2D eigenvalue weighted by Crippen LogP contribution is 2.36. The van der Waals surface area contributed by atoms with Gasteiger partial charge in [-0.1, -0.05) is 18.5 Å². The normalized spacial score (nSPS) is 14.4. The van der Waals surface area contributed by atoms with Crippen molar-refractivity contribution in [2.45, 2.75) is 32.2 Å². The molecule has 11 heteroatoms. The largest absolute Gasteiger partial charge is 0.478 e. The number of rotatable bonds is 6. The molecule has 0 amide bonds. The average Bonchev–Trinajstić information content (AvgIpc) is 3.22. The average molecular weight is 496 g/mol. The van der Waals surface area contributed by atoms with E-state index in [1.807, 2.05) is 23.2 Å². The summed E-state index contributed by atoms with van der Waals surface area (Å²) in [5.74, 6) is -0.812. The molecule has 1 aliphatic rings. The fraction of sp³-hybridized carbons (Fsp3) is 0.292. The second-order valence-corrected chi connectivity index (χ2v) is 8.80. The summed E-state index contributed by atoms with van der Waals surface area (Å²) in [4.78, 5) is 31.0. The highest BCUT2D eigenvalue weighted by atomic mass is 35.5. The van der Waals surface area contributed by atoms with Crippen molar-refractivity contribution in [3.63, 3.8) is 0 Å². The molecule has 0 aliphatic carbocycles. The number of anilines is 3. The van der Waals surface area contributed by atoms with Crippen molar-refractivity contribution in [2.24, 2.45) is 0 Å². The van der Waals surface area contributed by atoms with Gasteiger partial charge in [-0.15, -0.1) is 0 Å². The fourth-order valence-corrected chi connectivity index (χ4v) is 4.61. The minimum atomic E-state index is -1.20. The van der Waals surface area contributed by atoms with Gasteiger partial charge in [-0.2, -0.15) is 0 Å². The Morgan fingerprint density at radius 1 is 1.20 bits per heavy atom. The lowest BCUT2D eigenvalue weighted by molar-refractivity contribution is 0.0696. The number of aromatic nitrogens is 5. The van der Waals surface area contributed by atoms with Gasteiger partial charge in [0.15, 0.2) is 0 Å². The molecule has 0 radical (unpaired) electrons. The molecule has 0 saturated carbocycles. The van der Waals surface area contributed by atoms with Crippen LogP contribution in [0.1, 0.15) is 41.7 Å². The Labute approximate surface area is 205 Å². The standard InChI is InChI=1S/C24H23ClFN7O2/c1-2-14-10-27-24(28-11-14)32-7-5-16(6-8-32)33-12-17(25)20-21(29-13-30-22(20)33)31-19-4-3-15(23(34)35)9-18(19)26/h3-4,9-13,16H,2,5-8H2,1H3,(H,34,35)(H,29,30,31). The number of carboxylic acids is 1. The number of hydrogen-bond acceptors (Lipinski definition) is 7. The van der Waals surface area contributed by atoms with E-state index in [2.05, 4.69) is 37.1 Å². The number of piperidine rings is 1. The molecular formula is C24H23ClFN7O2. The molecule has 0 atom stereocenters. The Bertz CT molecular complexity index is 1380. The lowest BCUT2D eigenvalue weighted by atomic mass is 10.1. The summed E-state index contributed by atoms with van der Waals surface area (Å²) in [5, 5.41) is 13.0. The molecule has 3 aromatic heterocycles. The summed E-state index contributed by atoms with van der Waals surface area (Å²) in [6.45, 7) is 3.67. The highest BCUT2D eigenvalue weighted by molar-refractivity contribution is 6.36. The van der Waals surface area contributed by atoms with E-state index in [9.17, 15) is 9.18 Å². The zero-order valence-electron chi connectivity index (χ0n) is 18.9. The van der Waals surface area contributed by atoms with Crippen molar-refractivity contribution in [1.29, 1.82) is 0 Å². The summed E-state index contributed by atoms with van der Waals surface area (Å²) >= 11 is 6.59. The maximum atomic E-state index is 14.5. The number of hydrogen-bond donors (Lipinski definition) is 2. The minimum absolute atomic E-state index is 0.0983. The first-order valence-corrected chi connectivity index (χ1v) is 11.7. The molecule has 0 bridgehead atoms. The van der Waals surface area contributed by atoms with Crippen LogP contribution in [0.5, 0.6) is 0 Å². The topological polar surface area (TPSA) is 109 Å². The summed E-state index contributed by atoms with van der Waals surface area (Å²) in [7, 11) is 0. The zero-order chi connectivity index (χ0) is 24.5. The number of benzene rings is 1. The number of fused-ring (bicyclic) bond motifs is 1. The van der Waals surface area contributed by atoms with Crippen LogP contribution in [-0.2, 0) is 6.42 Å². The van der Waals surface area contributed by atoms with Gasteiger partial charge in [0.05, 0.1) is 21.7 Å². The van der Waals surface area contributed by atoms with E-state index in [1.54, 1.807) is 0 Å². The van der Waals surface area contributed by atoms with Gasteiger partial charge in [0, 0.05) is 37.7 Å². The Kier molecular flexibility index (Phi) is 6.21. The first-order valence-electron chi connectivity index (χ1n) is 11.3. The van der Waals surface area contributed by atoms with Crippen LogP contribution in [0.3, 0.4) is 0 Å². The summed E-state index contributed by atoms with van der Waals surface area (Å²) in [6, 6.07) is 3.82. The highest BCUT2D eigenvalue weighted by Gasteiger charge is 2.25. The molecule has 4 aromatic rings. The molecule has 1 aromatic carbocycles. The van der Waals surface area contributed by atoms with Crippen LogP contribution in [0, 0.1) is 5.82 Å². The maximum absolute atomic E-state index is 14.5. The first-order chi connectivity index (χ1) is 16.9. The Hall–Kier alpha value is -3.79. The quantitative estimate of drug-likeness (QED) is 0.390. The monoisotopic (exact) mass is 495 g/mol. The third-order valence-corrected chi connectivity index (χ3v) is 6.56. The number of carboxylic acid groups (broad SMARTS) is 1. The van der Waals surface area contributed by atoms with Crippen LogP contribution in [0.15, 0.2) is 43.1 Å². The van der Waals surface area contributed by atoms with Gasteiger partial charge in [-0.25, -0.2) is 29.1 Å². The van der Waals surface area contributed by atoms with Crippen molar-refractivity contribution in [1.82, 2.24) is 24.5 Å². The second-order valence-electron chi connectivity index (χ2n) is 8.39.